The third-order valence-electron chi connectivity index (χ3n) is 7.32. The fraction of sp³-hybridized carbons (Fsp3) is 0.464. The largest absolute Gasteiger partial charge is 0.504 e. The average molecular weight is 513 g/mol. The number of nitrogens with zero attached hydrogens (tertiary/aromatic N) is 3. The van der Waals surface area contributed by atoms with Crippen molar-refractivity contribution in [1.82, 2.24) is 14.9 Å². The predicted molar refractivity (Wildman–Crippen MR) is 143 cm³/mol. The standard InChI is InChI=1S/C27H30ClFN4O2.CH4/c1-16(34)20-14-30-24-9-8-23(18-12-21(28)27(35)22(29)13-18)32-26(24)25(20)31-19-6-4-17(5-7-19)15-33-10-2-3-11-33;/h8-9,12-14,17,19,35H,2-7,10-11,15H2,1H3,(H,30,31);1H4. The number of ketones is 1. The molecule has 0 bridgehead atoms. The summed E-state index contributed by atoms with van der Waals surface area (Å²) < 4.78 is 14.1. The number of hydrogen-bond acceptors (Lipinski definition) is 6. The van der Waals surface area contributed by atoms with Gasteiger partial charge in [-0.3, -0.25) is 9.78 Å². The maximum Gasteiger partial charge on any atom is 0.170 e. The Labute approximate surface area is 216 Å². The fourth-order valence-electron chi connectivity index (χ4n) is 5.38. The molecule has 1 saturated heterocycles. The van der Waals surface area contributed by atoms with Gasteiger partial charge < -0.3 is 15.3 Å². The van der Waals surface area contributed by atoms with Crippen LogP contribution in [0.1, 0.15) is 63.2 Å². The zero-order valence-corrected chi connectivity index (χ0v) is 20.6. The summed E-state index contributed by atoms with van der Waals surface area (Å²) in [6.45, 7) is 5.18. The Morgan fingerprint density at radius 3 is 2.58 bits per heavy atom. The van der Waals surface area contributed by atoms with Crippen LogP contribution in [-0.2, 0) is 0 Å². The number of rotatable bonds is 6. The van der Waals surface area contributed by atoms with Crippen molar-refractivity contribution in [2.45, 2.75) is 58.9 Å². The van der Waals surface area contributed by atoms with Crippen molar-refractivity contribution in [3.05, 3.63) is 46.9 Å². The van der Waals surface area contributed by atoms with Gasteiger partial charge in [-0.1, -0.05) is 19.0 Å². The molecule has 0 radical (unpaired) electrons. The van der Waals surface area contributed by atoms with Crippen LogP contribution in [0.4, 0.5) is 10.1 Å². The second-order valence-electron chi connectivity index (χ2n) is 9.83. The first-order valence-corrected chi connectivity index (χ1v) is 12.7. The summed E-state index contributed by atoms with van der Waals surface area (Å²) in [6, 6.07) is 6.47. The van der Waals surface area contributed by atoms with Crippen LogP contribution in [0.15, 0.2) is 30.5 Å². The summed E-state index contributed by atoms with van der Waals surface area (Å²) in [6.07, 6.45) is 8.64. The second kappa shape index (κ2) is 11.1. The van der Waals surface area contributed by atoms with Crippen LogP contribution in [-0.4, -0.2) is 51.4 Å². The van der Waals surface area contributed by atoms with E-state index < -0.39 is 11.6 Å². The number of anilines is 1. The number of halogens is 2. The van der Waals surface area contributed by atoms with Crippen LogP contribution in [0.25, 0.3) is 22.3 Å². The Morgan fingerprint density at radius 2 is 1.92 bits per heavy atom. The minimum absolute atomic E-state index is 0. The highest BCUT2D eigenvalue weighted by Gasteiger charge is 2.26. The Bertz CT molecular complexity index is 1230. The van der Waals surface area contributed by atoms with Gasteiger partial charge in [-0.2, -0.15) is 0 Å². The van der Waals surface area contributed by atoms with Gasteiger partial charge in [-0.25, -0.2) is 9.37 Å². The molecular formula is C28H34ClFN4O2. The second-order valence-corrected chi connectivity index (χ2v) is 10.2. The van der Waals surface area contributed by atoms with E-state index >= 15 is 0 Å². The number of aromatic nitrogens is 2. The number of Topliss-reactive ketones (excluding diaryl/α,β-unsaturated/α-hetero) is 1. The highest BCUT2D eigenvalue weighted by atomic mass is 35.5. The van der Waals surface area contributed by atoms with Crippen molar-refractivity contribution in [1.29, 1.82) is 0 Å². The van der Waals surface area contributed by atoms with Gasteiger partial charge in [0, 0.05) is 24.3 Å². The number of fused-ring (bicyclic) bond motifs is 1. The molecule has 1 aliphatic heterocycles. The fourth-order valence-corrected chi connectivity index (χ4v) is 5.59. The van der Waals surface area contributed by atoms with Gasteiger partial charge in [0.25, 0.3) is 0 Å². The van der Waals surface area contributed by atoms with E-state index in [2.05, 4.69) is 15.2 Å². The lowest BCUT2D eigenvalue weighted by molar-refractivity contribution is 0.101. The molecule has 1 saturated carbocycles. The minimum Gasteiger partial charge on any atom is -0.504 e. The molecular weight excluding hydrogens is 479 g/mol. The Hall–Kier alpha value is -2.77. The Balaban J connectivity index is 0.00000304. The first-order chi connectivity index (χ1) is 16.9. The molecule has 2 fully saturated rings. The predicted octanol–water partition coefficient (Wildman–Crippen LogP) is 6.70. The van der Waals surface area contributed by atoms with Crippen LogP contribution in [0.3, 0.4) is 0 Å². The zero-order chi connectivity index (χ0) is 24.5. The molecule has 2 N–H and O–H groups in total. The van der Waals surface area contributed by atoms with Crippen molar-refractivity contribution >= 4 is 34.1 Å². The quantitative estimate of drug-likeness (QED) is 0.358. The van der Waals surface area contributed by atoms with Crippen LogP contribution in [0.5, 0.6) is 5.75 Å². The van der Waals surface area contributed by atoms with Crippen molar-refractivity contribution in [2.75, 3.05) is 25.0 Å². The summed E-state index contributed by atoms with van der Waals surface area (Å²) in [5, 5.41) is 13.2. The Kier molecular flexibility index (Phi) is 8.10. The van der Waals surface area contributed by atoms with Gasteiger partial charge in [0.15, 0.2) is 17.3 Å². The SMILES string of the molecule is C.CC(=O)c1cnc2ccc(-c3cc(F)c(O)c(Cl)c3)nc2c1NC1CCC(CN2CCCC2)CC1. The highest BCUT2D eigenvalue weighted by Crippen LogP contribution is 2.35. The number of benzene rings is 1. The molecule has 2 aliphatic rings. The lowest BCUT2D eigenvalue weighted by Crippen LogP contribution is -2.33. The number of likely N-dealkylation sites (tertiary alicyclic amines) is 1. The topological polar surface area (TPSA) is 78.3 Å². The number of pyridine rings is 2. The average Bonchev–Trinajstić information content (AvgIpc) is 3.36. The molecule has 5 rings (SSSR count). The summed E-state index contributed by atoms with van der Waals surface area (Å²) in [7, 11) is 0. The zero-order valence-electron chi connectivity index (χ0n) is 19.9. The van der Waals surface area contributed by atoms with E-state index in [0.29, 0.717) is 33.5 Å². The molecule has 3 aromatic rings. The van der Waals surface area contributed by atoms with E-state index in [1.807, 2.05) is 0 Å². The maximum atomic E-state index is 14.1. The van der Waals surface area contributed by atoms with Crippen molar-refractivity contribution in [2.24, 2.45) is 5.92 Å². The number of carbonyl (C=O) groups excluding carboxylic acids is 1. The minimum atomic E-state index is -0.811. The summed E-state index contributed by atoms with van der Waals surface area (Å²) >= 11 is 5.99. The molecule has 1 aliphatic carbocycles. The van der Waals surface area contributed by atoms with Gasteiger partial charge in [0.2, 0.25) is 0 Å². The molecule has 6 nitrogen and oxygen atoms in total. The van der Waals surface area contributed by atoms with Crippen LogP contribution < -0.4 is 5.32 Å². The third kappa shape index (κ3) is 5.47. The third-order valence-corrected chi connectivity index (χ3v) is 7.60. The van der Waals surface area contributed by atoms with Crippen molar-refractivity contribution < 1.29 is 14.3 Å². The normalized spacial score (nSPS) is 20.3. The lowest BCUT2D eigenvalue weighted by Gasteiger charge is -2.32. The van der Waals surface area contributed by atoms with Crippen molar-refractivity contribution in [3.8, 4) is 17.0 Å². The van der Waals surface area contributed by atoms with Crippen LogP contribution >= 0.6 is 11.6 Å². The molecule has 192 valence electrons. The summed E-state index contributed by atoms with van der Waals surface area (Å²) in [5.74, 6) is -0.754. The molecule has 0 unspecified atom stereocenters. The van der Waals surface area contributed by atoms with Gasteiger partial charge in [0.05, 0.1) is 27.5 Å². The number of hydrogen-bond donors (Lipinski definition) is 2. The van der Waals surface area contributed by atoms with E-state index in [4.69, 9.17) is 16.6 Å². The Morgan fingerprint density at radius 1 is 1.19 bits per heavy atom. The molecule has 0 atom stereocenters. The maximum absolute atomic E-state index is 14.1. The molecule has 2 aromatic heterocycles. The highest BCUT2D eigenvalue weighted by molar-refractivity contribution is 6.32. The van der Waals surface area contributed by atoms with E-state index in [1.54, 1.807) is 18.3 Å². The number of carbonyl (C=O) groups is 1. The molecule has 8 heteroatoms. The van der Waals surface area contributed by atoms with Gasteiger partial charge in [0.1, 0.15) is 5.52 Å². The summed E-state index contributed by atoms with van der Waals surface area (Å²) in [5.41, 5.74) is 3.31. The molecule has 0 spiro atoms. The van der Waals surface area contributed by atoms with E-state index in [1.165, 1.54) is 51.5 Å². The number of phenols is 1. The van der Waals surface area contributed by atoms with Crippen LogP contribution in [0.2, 0.25) is 5.02 Å². The van der Waals surface area contributed by atoms with Gasteiger partial charge >= 0.3 is 0 Å². The lowest BCUT2D eigenvalue weighted by atomic mass is 9.85. The van der Waals surface area contributed by atoms with E-state index in [-0.39, 0.29) is 24.3 Å². The molecule has 36 heavy (non-hydrogen) atoms. The monoisotopic (exact) mass is 512 g/mol. The number of nitrogens with one attached hydrogen (secondary N) is 1. The van der Waals surface area contributed by atoms with Gasteiger partial charge in [-0.15, -0.1) is 0 Å². The summed E-state index contributed by atoms with van der Waals surface area (Å²) in [4.78, 5) is 24.3. The smallest absolute Gasteiger partial charge is 0.170 e. The molecule has 1 aromatic carbocycles. The van der Waals surface area contributed by atoms with E-state index in [9.17, 15) is 14.3 Å². The first-order valence-electron chi connectivity index (χ1n) is 12.4. The number of aromatic hydroxyl groups is 1. The van der Waals surface area contributed by atoms with Crippen molar-refractivity contribution in [3.63, 3.8) is 0 Å². The number of phenolic OH excluding ortho intramolecular Hbond substituents is 1. The molecule has 0 amide bonds. The first kappa shape index (κ1) is 26.3. The van der Waals surface area contributed by atoms with Crippen LogP contribution in [0, 0.1) is 11.7 Å². The molecule has 3 heterocycles. The van der Waals surface area contributed by atoms with Gasteiger partial charge in [-0.05, 0) is 88.7 Å². The van der Waals surface area contributed by atoms with E-state index in [0.717, 1.165) is 31.6 Å².